The van der Waals surface area contributed by atoms with E-state index in [0.29, 0.717) is 5.82 Å². The number of hydrogen-bond donors (Lipinski definition) is 0. The highest BCUT2D eigenvalue weighted by Crippen LogP contribution is 2.42. The van der Waals surface area contributed by atoms with Crippen LogP contribution in [-0.4, -0.2) is 9.97 Å². The third kappa shape index (κ3) is 5.31. The Labute approximate surface area is 323 Å². The summed E-state index contributed by atoms with van der Waals surface area (Å²) in [5, 5.41) is 4.24. The first-order valence-corrected chi connectivity index (χ1v) is 18.8. The molecule has 8 aromatic carbocycles. The molecular weight excluding hydrogens is 685 g/mol. The van der Waals surface area contributed by atoms with Gasteiger partial charge in [0.2, 0.25) is 0 Å². The van der Waals surface area contributed by atoms with Crippen LogP contribution in [0.5, 0.6) is 0 Å². The molecule has 0 unspecified atom stereocenters. The van der Waals surface area contributed by atoms with Crippen molar-refractivity contribution in [3.63, 3.8) is 0 Å². The highest BCUT2D eigenvalue weighted by atomic mass is 16.3. The third-order valence-corrected chi connectivity index (χ3v) is 10.8. The minimum atomic E-state index is 0.612. The third-order valence-electron chi connectivity index (χ3n) is 10.8. The molecule has 3 heterocycles. The summed E-state index contributed by atoms with van der Waals surface area (Å²) in [6, 6.07) is 67.3. The van der Waals surface area contributed by atoms with Crippen LogP contribution in [0.3, 0.4) is 0 Å². The summed E-state index contributed by atoms with van der Waals surface area (Å²) < 4.78 is 13.1. The number of furan rings is 2. The number of hydrogen-bond acceptors (Lipinski definition) is 4. The number of aromatic nitrogens is 2. The molecule has 0 saturated carbocycles. The van der Waals surface area contributed by atoms with Crippen molar-refractivity contribution in [3.05, 3.63) is 194 Å². The Kier molecular flexibility index (Phi) is 7.46. The molecule has 0 bridgehead atoms. The molecule has 4 heteroatoms. The van der Waals surface area contributed by atoms with Gasteiger partial charge in [0.15, 0.2) is 5.82 Å². The number of benzene rings is 8. The van der Waals surface area contributed by atoms with Crippen molar-refractivity contribution in [1.29, 1.82) is 0 Å². The summed E-state index contributed by atoms with van der Waals surface area (Å²) in [4.78, 5) is 10.8. The summed E-state index contributed by atoms with van der Waals surface area (Å²) in [5.41, 5.74) is 14.3. The van der Waals surface area contributed by atoms with E-state index < -0.39 is 0 Å². The van der Waals surface area contributed by atoms with E-state index in [1.165, 1.54) is 11.1 Å². The van der Waals surface area contributed by atoms with Gasteiger partial charge in [-0.05, 0) is 75.8 Å². The van der Waals surface area contributed by atoms with Crippen molar-refractivity contribution in [3.8, 4) is 67.3 Å². The second-order valence-corrected chi connectivity index (χ2v) is 14.1. The average Bonchev–Trinajstić information content (AvgIpc) is 3.85. The van der Waals surface area contributed by atoms with E-state index in [1.807, 2.05) is 36.4 Å². The van der Waals surface area contributed by atoms with Gasteiger partial charge in [-0.1, -0.05) is 152 Å². The van der Waals surface area contributed by atoms with Crippen molar-refractivity contribution in [1.82, 2.24) is 9.97 Å². The molecule has 0 saturated heterocycles. The lowest BCUT2D eigenvalue weighted by Crippen LogP contribution is -1.98. The van der Waals surface area contributed by atoms with Gasteiger partial charge in [-0.15, -0.1) is 0 Å². The van der Waals surface area contributed by atoms with Crippen LogP contribution >= 0.6 is 0 Å². The van der Waals surface area contributed by atoms with Gasteiger partial charge in [0.25, 0.3) is 0 Å². The Hall–Kier alpha value is -7.56. The van der Waals surface area contributed by atoms with E-state index in [0.717, 1.165) is 94.2 Å². The van der Waals surface area contributed by atoms with Crippen molar-refractivity contribution in [2.24, 2.45) is 0 Å². The summed E-state index contributed by atoms with van der Waals surface area (Å²) in [5.74, 6) is 0.612. The van der Waals surface area contributed by atoms with Gasteiger partial charge >= 0.3 is 0 Å². The summed E-state index contributed by atoms with van der Waals surface area (Å²) >= 11 is 0. The molecule has 56 heavy (non-hydrogen) atoms. The van der Waals surface area contributed by atoms with Crippen LogP contribution in [0, 0.1) is 0 Å². The zero-order valence-electron chi connectivity index (χ0n) is 30.2. The van der Waals surface area contributed by atoms with Crippen molar-refractivity contribution in [2.45, 2.75) is 0 Å². The maximum absolute atomic E-state index is 6.57. The lowest BCUT2D eigenvalue weighted by atomic mass is 9.90. The minimum Gasteiger partial charge on any atom is -0.455 e. The highest BCUT2D eigenvalue weighted by molar-refractivity contribution is 6.11. The minimum absolute atomic E-state index is 0.612. The maximum atomic E-state index is 6.57. The average molecular weight is 717 g/mol. The quantitative estimate of drug-likeness (QED) is 0.172. The molecule has 0 atom stereocenters. The van der Waals surface area contributed by atoms with Gasteiger partial charge in [0.1, 0.15) is 22.3 Å². The lowest BCUT2D eigenvalue weighted by molar-refractivity contribution is 0.669. The molecule has 0 aliphatic carbocycles. The molecule has 11 aromatic rings. The fourth-order valence-corrected chi connectivity index (χ4v) is 8.11. The predicted octanol–water partition coefficient (Wildman–Crippen LogP) is 14.3. The van der Waals surface area contributed by atoms with E-state index in [-0.39, 0.29) is 0 Å². The molecule has 11 rings (SSSR count). The van der Waals surface area contributed by atoms with Crippen LogP contribution in [0.1, 0.15) is 0 Å². The second kappa shape index (κ2) is 13.1. The molecule has 0 aliphatic rings. The standard InChI is InChI=1S/C52H32N2O2/c1-3-15-33(16-4-1)36-19-7-8-20-37(36)35-29-30-42(45(31-35)34-17-5-2-6-18-34)52-53-46(43-25-13-23-40-38-21-9-11-27-48(38)55-50(40)43)32-47(54-52)44-26-14-24-41-39-22-10-12-28-49(39)56-51(41)44/h1-32H. The topological polar surface area (TPSA) is 52.1 Å². The van der Waals surface area contributed by atoms with Crippen LogP contribution in [0.15, 0.2) is 203 Å². The molecule has 4 nitrogen and oxygen atoms in total. The first kappa shape index (κ1) is 31.9. The summed E-state index contributed by atoms with van der Waals surface area (Å²) in [6.45, 7) is 0. The van der Waals surface area contributed by atoms with Crippen LogP contribution in [-0.2, 0) is 0 Å². The van der Waals surface area contributed by atoms with E-state index in [4.69, 9.17) is 18.8 Å². The number of rotatable bonds is 6. The van der Waals surface area contributed by atoms with E-state index in [1.54, 1.807) is 0 Å². The second-order valence-electron chi connectivity index (χ2n) is 14.1. The number of fused-ring (bicyclic) bond motifs is 6. The van der Waals surface area contributed by atoms with Crippen LogP contribution in [0.25, 0.3) is 111 Å². The van der Waals surface area contributed by atoms with Gasteiger partial charge in [-0.25, -0.2) is 9.97 Å². The lowest BCUT2D eigenvalue weighted by Gasteiger charge is -2.16. The molecular formula is C52H32N2O2. The normalized spacial score (nSPS) is 11.6. The molecule has 0 amide bonds. The Morgan fingerprint density at radius 3 is 1.30 bits per heavy atom. The fourth-order valence-electron chi connectivity index (χ4n) is 8.11. The van der Waals surface area contributed by atoms with Gasteiger partial charge < -0.3 is 8.83 Å². The zero-order chi connectivity index (χ0) is 37.0. The molecule has 0 spiro atoms. The number of nitrogens with zero attached hydrogens (tertiary/aromatic N) is 2. The van der Waals surface area contributed by atoms with E-state index in [2.05, 4.69) is 158 Å². The van der Waals surface area contributed by atoms with Gasteiger partial charge in [-0.2, -0.15) is 0 Å². The molecule has 0 aliphatic heterocycles. The smallest absolute Gasteiger partial charge is 0.161 e. The first-order chi connectivity index (χ1) is 27.8. The maximum Gasteiger partial charge on any atom is 0.161 e. The Balaban J connectivity index is 1.18. The van der Waals surface area contributed by atoms with Crippen molar-refractivity contribution >= 4 is 43.9 Å². The van der Waals surface area contributed by atoms with Crippen LogP contribution in [0.4, 0.5) is 0 Å². The van der Waals surface area contributed by atoms with Crippen molar-refractivity contribution < 1.29 is 8.83 Å². The molecule has 0 fully saturated rings. The first-order valence-electron chi connectivity index (χ1n) is 18.8. The van der Waals surface area contributed by atoms with Gasteiger partial charge in [0.05, 0.1) is 11.4 Å². The van der Waals surface area contributed by atoms with Gasteiger partial charge in [-0.3, -0.25) is 0 Å². The zero-order valence-corrected chi connectivity index (χ0v) is 30.2. The Morgan fingerprint density at radius 2 is 0.732 bits per heavy atom. The largest absolute Gasteiger partial charge is 0.455 e. The Bertz CT molecular complexity index is 3120. The monoisotopic (exact) mass is 716 g/mol. The molecule has 3 aromatic heterocycles. The summed E-state index contributed by atoms with van der Waals surface area (Å²) in [6.07, 6.45) is 0. The predicted molar refractivity (Wildman–Crippen MR) is 229 cm³/mol. The molecule has 0 radical (unpaired) electrons. The number of para-hydroxylation sites is 4. The Morgan fingerprint density at radius 1 is 0.286 bits per heavy atom. The van der Waals surface area contributed by atoms with Crippen LogP contribution in [0.2, 0.25) is 0 Å². The summed E-state index contributed by atoms with van der Waals surface area (Å²) in [7, 11) is 0. The fraction of sp³-hybridized carbons (Fsp3) is 0. The SMILES string of the molecule is c1ccc(-c2ccccc2-c2ccc(-c3nc(-c4cccc5c4oc4ccccc45)cc(-c4cccc5c4oc4ccccc45)n3)c(-c3ccccc3)c2)cc1. The highest BCUT2D eigenvalue weighted by Gasteiger charge is 2.21. The molecule has 0 N–H and O–H groups in total. The molecule has 262 valence electrons. The van der Waals surface area contributed by atoms with E-state index >= 15 is 0 Å². The van der Waals surface area contributed by atoms with Gasteiger partial charge in [0, 0.05) is 38.2 Å². The van der Waals surface area contributed by atoms with Crippen LogP contribution < -0.4 is 0 Å². The van der Waals surface area contributed by atoms with E-state index in [9.17, 15) is 0 Å². The van der Waals surface area contributed by atoms with Crippen molar-refractivity contribution in [2.75, 3.05) is 0 Å².